The Kier molecular flexibility index (Phi) is 16.6. The maximum Gasteiger partial charge on any atom is 0.339 e. The first-order chi connectivity index (χ1) is 18.5. The molecule has 0 aliphatic carbocycles. The molecule has 6 nitrogen and oxygen atoms in total. The summed E-state index contributed by atoms with van der Waals surface area (Å²) in [6, 6.07) is 23.0. The fourth-order valence-corrected chi connectivity index (χ4v) is 4.50. The second kappa shape index (κ2) is 18.8. The summed E-state index contributed by atoms with van der Waals surface area (Å²) in [5.74, 6) is -1.05. The van der Waals surface area contributed by atoms with Crippen LogP contribution in [0.15, 0.2) is 72.8 Å². The van der Waals surface area contributed by atoms with Gasteiger partial charge in [0.2, 0.25) is 0 Å². The number of carbonyl (C=O) groups is 2. The van der Waals surface area contributed by atoms with Crippen molar-refractivity contribution in [2.45, 2.75) is 27.7 Å². The lowest BCUT2D eigenvalue weighted by Crippen LogP contribution is -2.29. The van der Waals surface area contributed by atoms with Crippen LogP contribution in [0.4, 0.5) is 0 Å². The number of rotatable bonds is 14. The van der Waals surface area contributed by atoms with E-state index in [-0.39, 0.29) is 58.3 Å². The van der Waals surface area contributed by atoms with Crippen molar-refractivity contribution in [2.75, 3.05) is 52.5 Å². The monoisotopic (exact) mass is 676 g/mol. The van der Waals surface area contributed by atoms with Gasteiger partial charge in [0.25, 0.3) is 0 Å². The zero-order chi connectivity index (χ0) is 27.3. The molecular formula is C32H42Br2N2O4. The molecule has 0 amide bonds. The molecule has 0 heterocycles. The average Bonchev–Trinajstić information content (AvgIpc) is 2.97. The predicted octanol–water partition coefficient (Wildman–Crippen LogP) is 7.17. The van der Waals surface area contributed by atoms with Crippen molar-refractivity contribution in [3.8, 4) is 22.3 Å². The van der Waals surface area contributed by atoms with Crippen LogP contribution in [-0.2, 0) is 9.47 Å². The molecule has 0 spiro atoms. The summed E-state index contributed by atoms with van der Waals surface area (Å²) >= 11 is 0. The normalized spacial score (nSPS) is 10.6. The summed E-state index contributed by atoms with van der Waals surface area (Å²) in [5, 5.41) is 0. The highest BCUT2D eigenvalue weighted by atomic mass is 79.9. The van der Waals surface area contributed by atoms with Crippen LogP contribution in [0.25, 0.3) is 22.3 Å². The van der Waals surface area contributed by atoms with Crippen molar-refractivity contribution in [3.63, 3.8) is 0 Å². The third-order valence-electron chi connectivity index (χ3n) is 6.85. The van der Waals surface area contributed by atoms with Crippen molar-refractivity contribution >= 4 is 45.9 Å². The Balaban J connectivity index is 0.00000400. The van der Waals surface area contributed by atoms with Crippen molar-refractivity contribution < 1.29 is 19.1 Å². The van der Waals surface area contributed by atoms with Crippen LogP contribution in [0.5, 0.6) is 0 Å². The molecule has 3 rings (SSSR count). The van der Waals surface area contributed by atoms with E-state index in [2.05, 4.69) is 37.5 Å². The lowest BCUT2D eigenvalue weighted by atomic mass is 9.89. The molecule has 0 fully saturated rings. The van der Waals surface area contributed by atoms with Gasteiger partial charge < -0.3 is 19.3 Å². The number of hydrogen-bond donors (Lipinski definition) is 0. The van der Waals surface area contributed by atoms with Gasteiger partial charge in [0.05, 0.1) is 11.1 Å². The maximum absolute atomic E-state index is 13.7. The largest absolute Gasteiger partial charge is 0.461 e. The zero-order valence-corrected chi connectivity index (χ0v) is 27.4. The zero-order valence-electron chi connectivity index (χ0n) is 23.9. The number of likely N-dealkylation sites (N-methyl/N-ethyl adjacent to an activating group) is 2. The molecule has 0 aliphatic heterocycles. The molecule has 3 aromatic rings. The molecule has 0 atom stereocenters. The van der Waals surface area contributed by atoms with Crippen LogP contribution in [0.2, 0.25) is 0 Å². The minimum atomic E-state index is -0.524. The molecule has 0 unspecified atom stereocenters. The minimum absolute atomic E-state index is 0. The van der Waals surface area contributed by atoms with Crippen molar-refractivity contribution in [1.29, 1.82) is 0 Å². The fourth-order valence-electron chi connectivity index (χ4n) is 4.50. The van der Waals surface area contributed by atoms with E-state index in [4.69, 9.17) is 9.47 Å². The number of ether oxygens (including phenoxy) is 2. The topological polar surface area (TPSA) is 59.1 Å². The second-order valence-corrected chi connectivity index (χ2v) is 8.97. The Bertz CT molecular complexity index is 1080. The van der Waals surface area contributed by atoms with E-state index < -0.39 is 11.9 Å². The molecule has 0 N–H and O–H groups in total. The number of halogens is 2. The van der Waals surface area contributed by atoms with Gasteiger partial charge in [-0.3, -0.25) is 0 Å². The average molecular weight is 679 g/mol. The lowest BCUT2D eigenvalue weighted by Gasteiger charge is -2.21. The SMILES string of the molecule is Br.Br.CCN(CC)CCOC(=O)c1c(-c2ccccc2)ccc(-c2ccccc2)c1C(=O)OCCN(CC)CC. The van der Waals surface area contributed by atoms with Gasteiger partial charge in [-0.05, 0) is 48.4 Å². The highest BCUT2D eigenvalue weighted by Gasteiger charge is 2.28. The summed E-state index contributed by atoms with van der Waals surface area (Å²) in [6.45, 7) is 13.5. The molecule has 218 valence electrons. The number of esters is 2. The van der Waals surface area contributed by atoms with Crippen molar-refractivity contribution in [3.05, 3.63) is 83.9 Å². The molecule has 0 aliphatic rings. The molecule has 3 aromatic carbocycles. The van der Waals surface area contributed by atoms with Gasteiger partial charge in [0.15, 0.2) is 0 Å². The maximum atomic E-state index is 13.7. The molecule has 0 saturated carbocycles. The van der Waals surface area contributed by atoms with E-state index in [1.165, 1.54) is 0 Å². The van der Waals surface area contributed by atoms with Gasteiger partial charge in [0.1, 0.15) is 13.2 Å². The van der Waals surface area contributed by atoms with E-state index in [1.54, 1.807) is 0 Å². The van der Waals surface area contributed by atoms with Crippen LogP contribution in [0, 0.1) is 0 Å². The van der Waals surface area contributed by atoms with Crippen LogP contribution in [0.3, 0.4) is 0 Å². The standard InChI is InChI=1S/C32H40N2O4.2BrH/c1-5-33(6-2)21-23-37-31(35)29-27(25-15-11-9-12-16-25)19-20-28(26-17-13-10-14-18-26)30(29)32(36)38-24-22-34(7-3)8-4;;/h9-20H,5-8,21-24H2,1-4H3;2*1H. The summed E-state index contributed by atoms with van der Waals surface area (Å²) in [5.41, 5.74) is 3.44. The Morgan fingerprint density at radius 3 is 1.18 bits per heavy atom. The summed E-state index contributed by atoms with van der Waals surface area (Å²) in [6.07, 6.45) is 0. The predicted molar refractivity (Wildman–Crippen MR) is 174 cm³/mol. The molecular weight excluding hydrogens is 636 g/mol. The Hall–Kier alpha value is -2.52. The minimum Gasteiger partial charge on any atom is -0.461 e. The number of carbonyl (C=O) groups excluding carboxylic acids is 2. The van der Waals surface area contributed by atoms with Gasteiger partial charge in [-0.15, -0.1) is 34.0 Å². The van der Waals surface area contributed by atoms with Gasteiger partial charge in [-0.2, -0.15) is 0 Å². The van der Waals surface area contributed by atoms with E-state index >= 15 is 0 Å². The van der Waals surface area contributed by atoms with Crippen LogP contribution >= 0.6 is 34.0 Å². The third kappa shape index (κ3) is 9.54. The number of nitrogens with zero attached hydrogens (tertiary/aromatic N) is 2. The summed E-state index contributed by atoms with van der Waals surface area (Å²) in [4.78, 5) is 31.8. The quantitative estimate of drug-likeness (QED) is 0.169. The van der Waals surface area contributed by atoms with Gasteiger partial charge in [-0.25, -0.2) is 9.59 Å². The first-order valence-electron chi connectivity index (χ1n) is 13.6. The Morgan fingerprint density at radius 2 is 0.875 bits per heavy atom. The first kappa shape index (κ1) is 35.5. The van der Waals surface area contributed by atoms with Gasteiger partial charge in [-0.1, -0.05) is 100 Å². The smallest absolute Gasteiger partial charge is 0.339 e. The van der Waals surface area contributed by atoms with Crippen LogP contribution in [-0.4, -0.2) is 74.2 Å². The van der Waals surface area contributed by atoms with Crippen LogP contribution < -0.4 is 0 Å². The van der Waals surface area contributed by atoms with E-state index in [0.29, 0.717) is 24.2 Å². The second-order valence-electron chi connectivity index (χ2n) is 8.97. The summed E-state index contributed by atoms with van der Waals surface area (Å²) in [7, 11) is 0. The molecule has 0 saturated heterocycles. The molecule has 0 radical (unpaired) electrons. The van der Waals surface area contributed by atoms with Crippen molar-refractivity contribution in [2.24, 2.45) is 0 Å². The van der Waals surface area contributed by atoms with E-state index in [1.807, 2.05) is 72.8 Å². The van der Waals surface area contributed by atoms with Crippen molar-refractivity contribution in [1.82, 2.24) is 9.80 Å². The number of hydrogen-bond acceptors (Lipinski definition) is 6. The molecule has 40 heavy (non-hydrogen) atoms. The first-order valence-corrected chi connectivity index (χ1v) is 13.6. The molecule has 0 aromatic heterocycles. The van der Waals surface area contributed by atoms with Gasteiger partial charge >= 0.3 is 11.9 Å². The Morgan fingerprint density at radius 1 is 0.550 bits per heavy atom. The van der Waals surface area contributed by atoms with E-state index in [0.717, 1.165) is 37.3 Å². The number of benzene rings is 3. The van der Waals surface area contributed by atoms with Crippen LogP contribution in [0.1, 0.15) is 48.4 Å². The fraction of sp³-hybridized carbons (Fsp3) is 0.375. The third-order valence-corrected chi connectivity index (χ3v) is 6.85. The molecule has 0 bridgehead atoms. The highest BCUT2D eigenvalue weighted by Crippen LogP contribution is 2.35. The summed E-state index contributed by atoms with van der Waals surface area (Å²) < 4.78 is 11.6. The molecule has 8 heteroatoms. The Labute approximate surface area is 260 Å². The van der Waals surface area contributed by atoms with E-state index in [9.17, 15) is 9.59 Å². The lowest BCUT2D eigenvalue weighted by molar-refractivity contribution is 0.0421. The van der Waals surface area contributed by atoms with Gasteiger partial charge in [0, 0.05) is 13.1 Å². The highest BCUT2D eigenvalue weighted by molar-refractivity contribution is 8.93.